The Bertz CT molecular complexity index is 420. The highest BCUT2D eigenvalue weighted by atomic mass is 35.5. The summed E-state index contributed by atoms with van der Waals surface area (Å²) < 4.78 is 25.4. The van der Waals surface area contributed by atoms with E-state index in [1.165, 1.54) is 12.4 Å². The summed E-state index contributed by atoms with van der Waals surface area (Å²) >= 11 is 5.80. The monoisotopic (exact) mass is 248 g/mol. The lowest BCUT2D eigenvalue weighted by Gasteiger charge is -2.07. The second-order valence-corrected chi connectivity index (χ2v) is 5.38. The SMILES string of the molecule is CCCCS(=O)(=O)Nc1cnccc1Cl. The number of hydrogen-bond donors (Lipinski definition) is 1. The molecule has 0 fully saturated rings. The first-order chi connectivity index (χ1) is 7.05. The third kappa shape index (κ3) is 4.05. The number of pyridine rings is 1. The summed E-state index contributed by atoms with van der Waals surface area (Å²) in [4.78, 5) is 3.80. The third-order valence-electron chi connectivity index (χ3n) is 1.80. The molecule has 6 heteroatoms. The molecule has 1 aromatic rings. The van der Waals surface area contributed by atoms with Crippen LogP contribution in [-0.2, 0) is 10.0 Å². The molecule has 1 rings (SSSR count). The van der Waals surface area contributed by atoms with E-state index >= 15 is 0 Å². The van der Waals surface area contributed by atoms with E-state index in [9.17, 15) is 8.42 Å². The molecule has 0 saturated heterocycles. The van der Waals surface area contributed by atoms with Crippen molar-refractivity contribution in [2.75, 3.05) is 10.5 Å². The smallest absolute Gasteiger partial charge is 0.232 e. The Morgan fingerprint density at radius 3 is 2.87 bits per heavy atom. The van der Waals surface area contributed by atoms with Crippen LogP contribution in [-0.4, -0.2) is 19.2 Å². The number of unbranched alkanes of at least 4 members (excludes halogenated alkanes) is 1. The fraction of sp³-hybridized carbons (Fsp3) is 0.444. The van der Waals surface area contributed by atoms with Gasteiger partial charge in [-0.05, 0) is 12.5 Å². The molecule has 0 spiro atoms. The lowest BCUT2D eigenvalue weighted by atomic mass is 10.4. The summed E-state index contributed by atoms with van der Waals surface area (Å²) in [6.07, 6.45) is 4.37. The average Bonchev–Trinajstić information content (AvgIpc) is 2.18. The first-order valence-electron chi connectivity index (χ1n) is 4.65. The highest BCUT2D eigenvalue weighted by Gasteiger charge is 2.11. The normalized spacial score (nSPS) is 11.3. The molecule has 0 saturated carbocycles. The van der Waals surface area contributed by atoms with Crippen LogP contribution >= 0.6 is 11.6 Å². The van der Waals surface area contributed by atoms with E-state index in [-0.39, 0.29) is 5.75 Å². The molecular weight excluding hydrogens is 236 g/mol. The molecule has 1 aromatic heterocycles. The maximum Gasteiger partial charge on any atom is 0.232 e. The van der Waals surface area contributed by atoms with Crippen molar-refractivity contribution in [2.24, 2.45) is 0 Å². The predicted molar refractivity (Wildman–Crippen MR) is 61.6 cm³/mol. The van der Waals surface area contributed by atoms with Crippen molar-refractivity contribution in [3.8, 4) is 0 Å². The van der Waals surface area contributed by atoms with Crippen molar-refractivity contribution in [2.45, 2.75) is 19.8 Å². The van der Waals surface area contributed by atoms with Gasteiger partial charge in [0, 0.05) is 6.20 Å². The van der Waals surface area contributed by atoms with Gasteiger partial charge in [-0.2, -0.15) is 0 Å². The molecule has 0 unspecified atom stereocenters. The van der Waals surface area contributed by atoms with Gasteiger partial charge >= 0.3 is 0 Å². The maximum absolute atomic E-state index is 11.5. The zero-order valence-electron chi connectivity index (χ0n) is 8.40. The number of rotatable bonds is 5. The Hall–Kier alpha value is -0.810. The van der Waals surface area contributed by atoms with Crippen LogP contribution in [0.4, 0.5) is 5.69 Å². The summed E-state index contributed by atoms with van der Waals surface area (Å²) in [5, 5.41) is 0.352. The Morgan fingerprint density at radius 2 is 2.27 bits per heavy atom. The average molecular weight is 249 g/mol. The largest absolute Gasteiger partial charge is 0.280 e. The van der Waals surface area contributed by atoms with Crippen molar-refractivity contribution in [1.82, 2.24) is 4.98 Å². The van der Waals surface area contributed by atoms with Crippen molar-refractivity contribution >= 4 is 27.3 Å². The van der Waals surface area contributed by atoms with Gasteiger partial charge in [-0.3, -0.25) is 9.71 Å². The van der Waals surface area contributed by atoms with Gasteiger partial charge in [0.05, 0.1) is 22.7 Å². The van der Waals surface area contributed by atoms with Crippen LogP contribution in [0.5, 0.6) is 0 Å². The second-order valence-electron chi connectivity index (χ2n) is 3.13. The van der Waals surface area contributed by atoms with Gasteiger partial charge in [0.15, 0.2) is 0 Å². The van der Waals surface area contributed by atoms with E-state index in [4.69, 9.17) is 11.6 Å². The zero-order chi connectivity index (χ0) is 11.3. The van der Waals surface area contributed by atoms with Crippen LogP contribution in [0.25, 0.3) is 0 Å². The Balaban J connectivity index is 2.74. The molecule has 15 heavy (non-hydrogen) atoms. The summed E-state index contributed by atoms with van der Waals surface area (Å²) in [5.41, 5.74) is 0.329. The molecule has 1 heterocycles. The standard InChI is InChI=1S/C9H13ClN2O2S/c1-2-3-6-15(13,14)12-9-7-11-5-4-8(9)10/h4-5,7,12H,2-3,6H2,1H3. The van der Waals surface area contributed by atoms with Gasteiger partial charge in [0.2, 0.25) is 10.0 Å². The minimum absolute atomic E-state index is 0.106. The van der Waals surface area contributed by atoms with Crippen molar-refractivity contribution in [1.29, 1.82) is 0 Å². The van der Waals surface area contributed by atoms with Crippen molar-refractivity contribution < 1.29 is 8.42 Å². The van der Waals surface area contributed by atoms with E-state index in [1.807, 2.05) is 6.92 Å². The predicted octanol–water partition coefficient (Wildman–Crippen LogP) is 2.28. The van der Waals surface area contributed by atoms with Gasteiger partial charge in [-0.1, -0.05) is 24.9 Å². The highest BCUT2D eigenvalue weighted by molar-refractivity contribution is 7.92. The molecule has 0 aliphatic carbocycles. The molecular formula is C9H13ClN2O2S. The van der Waals surface area contributed by atoms with Gasteiger partial charge in [0.25, 0.3) is 0 Å². The van der Waals surface area contributed by atoms with Gasteiger partial charge in [-0.15, -0.1) is 0 Å². The molecule has 0 aliphatic heterocycles. The summed E-state index contributed by atoms with van der Waals surface area (Å²) in [7, 11) is -3.29. The van der Waals surface area contributed by atoms with Crippen molar-refractivity contribution in [3.05, 3.63) is 23.5 Å². The van der Waals surface area contributed by atoms with Crippen LogP contribution in [0.1, 0.15) is 19.8 Å². The molecule has 0 atom stereocenters. The number of hydrogen-bond acceptors (Lipinski definition) is 3. The first-order valence-corrected chi connectivity index (χ1v) is 6.68. The fourth-order valence-electron chi connectivity index (χ4n) is 1.01. The summed E-state index contributed by atoms with van der Waals surface area (Å²) in [5.74, 6) is 0.106. The molecule has 0 bridgehead atoms. The molecule has 0 aliphatic rings. The first kappa shape index (κ1) is 12.3. The fourth-order valence-corrected chi connectivity index (χ4v) is 2.48. The van der Waals surface area contributed by atoms with E-state index in [2.05, 4.69) is 9.71 Å². The van der Waals surface area contributed by atoms with E-state index in [0.29, 0.717) is 17.1 Å². The molecule has 0 radical (unpaired) electrons. The minimum atomic E-state index is -3.29. The number of nitrogens with one attached hydrogen (secondary N) is 1. The van der Waals surface area contributed by atoms with E-state index < -0.39 is 10.0 Å². The number of nitrogens with zero attached hydrogens (tertiary/aromatic N) is 1. The molecule has 84 valence electrons. The van der Waals surface area contributed by atoms with Crippen LogP contribution in [0.3, 0.4) is 0 Å². The second kappa shape index (κ2) is 5.32. The topological polar surface area (TPSA) is 59.1 Å². The van der Waals surface area contributed by atoms with Gasteiger partial charge in [-0.25, -0.2) is 8.42 Å². The lowest BCUT2D eigenvalue weighted by molar-refractivity contribution is 0.598. The van der Waals surface area contributed by atoms with Crippen LogP contribution in [0.15, 0.2) is 18.5 Å². The maximum atomic E-state index is 11.5. The van der Waals surface area contributed by atoms with E-state index in [1.54, 1.807) is 6.07 Å². The van der Waals surface area contributed by atoms with Gasteiger partial charge < -0.3 is 0 Å². The Labute approximate surface area is 94.7 Å². The van der Waals surface area contributed by atoms with E-state index in [0.717, 1.165) is 6.42 Å². The number of aromatic nitrogens is 1. The Kier molecular flexibility index (Phi) is 4.35. The van der Waals surface area contributed by atoms with Crippen molar-refractivity contribution in [3.63, 3.8) is 0 Å². The van der Waals surface area contributed by atoms with Crippen LogP contribution in [0.2, 0.25) is 5.02 Å². The third-order valence-corrected chi connectivity index (χ3v) is 3.49. The minimum Gasteiger partial charge on any atom is -0.280 e. The number of anilines is 1. The summed E-state index contributed by atoms with van der Waals surface area (Å²) in [6.45, 7) is 1.94. The molecule has 0 aromatic carbocycles. The molecule has 1 N–H and O–H groups in total. The quantitative estimate of drug-likeness (QED) is 0.870. The highest BCUT2D eigenvalue weighted by Crippen LogP contribution is 2.20. The zero-order valence-corrected chi connectivity index (χ0v) is 9.98. The molecule has 0 amide bonds. The Morgan fingerprint density at radius 1 is 1.53 bits per heavy atom. The molecule has 4 nitrogen and oxygen atoms in total. The number of sulfonamides is 1. The van der Waals surface area contributed by atoms with Crippen LogP contribution in [0, 0.1) is 0 Å². The van der Waals surface area contributed by atoms with Crippen LogP contribution < -0.4 is 4.72 Å². The lowest BCUT2D eigenvalue weighted by Crippen LogP contribution is -2.16. The number of halogens is 1. The summed E-state index contributed by atoms with van der Waals surface area (Å²) in [6, 6.07) is 1.54. The van der Waals surface area contributed by atoms with Gasteiger partial charge in [0.1, 0.15) is 0 Å².